The molecule has 0 radical (unpaired) electrons. The van der Waals surface area contributed by atoms with Gasteiger partial charge in [-0.2, -0.15) is 0 Å². The molecule has 0 fully saturated rings. The molecule has 2 aromatic carbocycles. The van der Waals surface area contributed by atoms with Gasteiger partial charge in [0.15, 0.2) is 0 Å². The highest BCUT2D eigenvalue weighted by atomic mass is 16.6. The number of non-ortho nitro benzene ring substituents is 1. The molecule has 0 unspecified atom stereocenters. The normalized spacial score (nSPS) is 11.8. The molecule has 0 spiro atoms. The average molecular weight is 498 g/mol. The second-order valence-electron chi connectivity index (χ2n) is 8.41. The smallest absolute Gasteiger partial charge is 0.269 e. The lowest BCUT2D eigenvalue weighted by atomic mass is 10.1. The van der Waals surface area contributed by atoms with Gasteiger partial charge in [-0.25, -0.2) is 4.98 Å². The molecule has 0 saturated carbocycles. The van der Waals surface area contributed by atoms with E-state index < -0.39 is 11.0 Å². The Balaban J connectivity index is 1.57. The largest absolute Gasteiger partial charge is 0.497 e. The Bertz CT molecular complexity index is 1560. The van der Waals surface area contributed by atoms with Crippen molar-refractivity contribution < 1.29 is 18.9 Å². The number of furan rings is 1. The molecule has 0 saturated heterocycles. The van der Waals surface area contributed by atoms with E-state index in [2.05, 4.69) is 9.97 Å². The van der Waals surface area contributed by atoms with Crippen molar-refractivity contribution in [2.24, 2.45) is 7.05 Å². The summed E-state index contributed by atoms with van der Waals surface area (Å²) in [5, 5.41) is 11.8. The molecule has 0 N–H and O–H groups in total. The third kappa shape index (κ3) is 4.64. The molecule has 5 aromatic rings. The van der Waals surface area contributed by atoms with E-state index in [4.69, 9.17) is 9.15 Å². The third-order valence-electron chi connectivity index (χ3n) is 6.24. The SMILES string of the molecule is COc1ccc2oc(N(C=O)[C@@H](Cc3ccccn3)c3ncc(-c4ccc([N+](=O)[O-])cc4)n3C)cc2c1. The van der Waals surface area contributed by atoms with Crippen LogP contribution < -0.4 is 9.64 Å². The van der Waals surface area contributed by atoms with E-state index >= 15 is 0 Å². The first kappa shape index (κ1) is 23.7. The van der Waals surface area contributed by atoms with E-state index in [1.54, 1.807) is 49.8 Å². The highest BCUT2D eigenvalue weighted by molar-refractivity contribution is 5.86. The summed E-state index contributed by atoms with van der Waals surface area (Å²) in [6, 6.07) is 18.5. The van der Waals surface area contributed by atoms with E-state index in [0.29, 0.717) is 29.5 Å². The van der Waals surface area contributed by atoms with Gasteiger partial charge in [-0.3, -0.25) is 24.8 Å². The molecule has 0 aliphatic carbocycles. The topological polar surface area (TPSA) is 117 Å². The molecule has 186 valence electrons. The van der Waals surface area contributed by atoms with Gasteiger partial charge < -0.3 is 13.7 Å². The predicted molar refractivity (Wildman–Crippen MR) is 137 cm³/mol. The Morgan fingerprint density at radius 1 is 1.14 bits per heavy atom. The van der Waals surface area contributed by atoms with Crippen LogP contribution in [0.15, 0.2) is 83.5 Å². The summed E-state index contributed by atoms with van der Waals surface area (Å²) in [4.78, 5) is 33.7. The third-order valence-corrected chi connectivity index (χ3v) is 6.24. The zero-order valence-electron chi connectivity index (χ0n) is 20.1. The summed E-state index contributed by atoms with van der Waals surface area (Å²) in [7, 11) is 3.43. The van der Waals surface area contributed by atoms with Crippen LogP contribution in [-0.2, 0) is 18.3 Å². The molecule has 1 amide bonds. The maximum atomic E-state index is 12.5. The summed E-state index contributed by atoms with van der Waals surface area (Å²) in [6.07, 6.45) is 4.49. The van der Waals surface area contributed by atoms with Crippen LogP contribution in [0.2, 0.25) is 0 Å². The molecule has 3 aromatic heterocycles. The number of rotatable bonds is 9. The number of ether oxygens (including phenoxy) is 1. The molecule has 0 bridgehead atoms. The van der Waals surface area contributed by atoms with Gasteiger partial charge in [0.1, 0.15) is 23.2 Å². The fourth-order valence-electron chi connectivity index (χ4n) is 4.33. The van der Waals surface area contributed by atoms with Crippen molar-refractivity contribution in [1.82, 2.24) is 14.5 Å². The van der Waals surface area contributed by atoms with Crippen LogP contribution in [0.4, 0.5) is 11.6 Å². The van der Waals surface area contributed by atoms with E-state index in [1.165, 1.54) is 17.0 Å². The number of hydrogen-bond acceptors (Lipinski definition) is 7. The molecule has 10 heteroatoms. The summed E-state index contributed by atoms with van der Waals surface area (Å²) in [6.45, 7) is 0. The molecule has 5 rings (SSSR count). The molecular formula is C27H23N5O5. The van der Waals surface area contributed by atoms with Gasteiger partial charge in [0.05, 0.1) is 23.9 Å². The van der Waals surface area contributed by atoms with Gasteiger partial charge in [0.2, 0.25) is 12.3 Å². The number of anilines is 1. The number of nitro groups is 1. The number of nitro benzene ring substituents is 1. The number of amides is 1. The minimum absolute atomic E-state index is 0.00724. The van der Waals surface area contributed by atoms with Gasteiger partial charge in [-0.1, -0.05) is 6.07 Å². The van der Waals surface area contributed by atoms with Crippen molar-refractivity contribution in [1.29, 1.82) is 0 Å². The Hall–Kier alpha value is -4.99. The van der Waals surface area contributed by atoms with Crippen molar-refractivity contribution in [3.8, 4) is 17.0 Å². The van der Waals surface area contributed by atoms with Crippen LogP contribution in [0.25, 0.3) is 22.2 Å². The van der Waals surface area contributed by atoms with Crippen molar-refractivity contribution in [3.05, 3.63) is 101 Å². The van der Waals surface area contributed by atoms with Crippen LogP contribution in [0.5, 0.6) is 5.75 Å². The molecule has 0 aliphatic rings. The number of benzene rings is 2. The predicted octanol–water partition coefficient (Wildman–Crippen LogP) is 5.09. The molecular weight excluding hydrogens is 474 g/mol. The summed E-state index contributed by atoms with van der Waals surface area (Å²) in [5.74, 6) is 1.64. The van der Waals surface area contributed by atoms with E-state index in [-0.39, 0.29) is 5.69 Å². The van der Waals surface area contributed by atoms with Gasteiger partial charge >= 0.3 is 0 Å². The standard InChI is InChI=1S/C27H23N5O5/c1-30-24(18-6-8-21(9-7-18)32(34)35)16-29-27(30)23(15-20-5-3-4-12-28-20)31(17-33)26-14-19-13-22(36-2)10-11-25(19)37-26/h3-14,16-17,23H,15H2,1-2H3/t23-/m0/s1. The zero-order valence-corrected chi connectivity index (χ0v) is 20.1. The number of nitrogens with zero attached hydrogens (tertiary/aromatic N) is 5. The Morgan fingerprint density at radius 2 is 1.95 bits per heavy atom. The molecule has 3 heterocycles. The molecule has 10 nitrogen and oxygen atoms in total. The van der Waals surface area contributed by atoms with Gasteiger partial charge in [0.25, 0.3) is 5.69 Å². The number of pyridine rings is 1. The second-order valence-corrected chi connectivity index (χ2v) is 8.41. The highest BCUT2D eigenvalue weighted by Gasteiger charge is 2.29. The first-order valence-corrected chi connectivity index (χ1v) is 11.5. The van der Waals surface area contributed by atoms with Gasteiger partial charge in [0, 0.05) is 54.5 Å². The lowest BCUT2D eigenvalue weighted by Crippen LogP contribution is -2.31. The van der Waals surface area contributed by atoms with Gasteiger partial charge in [-0.05, 0) is 42.5 Å². The number of hydrogen-bond donors (Lipinski definition) is 0. The van der Waals surface area contributed by atoms with E-state index in [0.717, 1.165) is 28.7 Å². The maximum absolute atomic E-state index is 12.5. The molecule has 1 atom stereocenters. The minimum Gasteiger partial charge on any atom is -0.497 e. The molecule has 0 aliphatic heterocycles. The van der Waals surface area contributed by atoms with Gasteiger partial charge in [-0.15, -0.1) is 0 Å². The summed E-state index contributed by atoms with van der Waals surface area (Å²) in [5.41, 5.74) is 2.91. The average Bonchev–Trinajstić information content (AvgIpc) is 3.51. The van der Waals surface area contributed by atoms with Crippen LogP contribution in [0.3, 0.4) is 0 Å². The van der Waals surface area contributed by atoms with Crippen LogP contribution >= 0.6 is 0 Å². The molecule has 37 heavy (non-hydrogen) atoms. The quantitative estimate of drug-likeness (QED) is 0.158. The van der Waals surface area contributed by atoms with E-state index in [9.17, 15) is 14.9 Å². The van der Waals surface area contributed by atoms with Crippen molar-refractivity contribution >= 4 is 29.0 Å². The van der Waals surface area contributed by atoms with Crippen molar-refractivity contribution in [3.63, 3.8) is 0 Å². The lowest BCUT2D eigenvalue weighted by Gasteiger charge is -2.26. The number of carbonyl (C=O) groups is 1. The zero-order chi connectivity index (χ0) is 25.9. The first-order chi connectivity index (χ1) is 18.0. The Morgan fingerprint density at radius 3 is 2.62 bits per heavy atom. The van der Waals surface area contributed by atoms with Crippen LogP contribution in [0, 0.1) is 10.1 Å². The van der Waals surface area contributed by atoms with Crippen LogP contribution in [0.1, 0.15) is 17.6 Å². The first-order valence-electron chi connectivity index (χ1n) is 11.5. The fourth-order valence-corrected chi connectivity index (χ4v) is 4.33. The van der Waals surface area contributed by atoms with E-state index in [1.807, 2.05) is 35.9 Å². The summed E-state index contributed by atoms with van der Waals surface area (Å²) >= 11 is 0. The second kappa shape index (κ2) is 9.94. The minimum atomic E-state index is -0.549. The highest BCUT2D eigenvalue weighted by Crippen LogP contribution is 2.35. The number of fused-ring (bicyclic) bond motifs is 1. The Kier molecular flexibility index (Phi) is 6.38. The van der Waals surface area contributed by atoms with Crippen molar-refractivity contribution in [2.75, 3.05) is 12.0 Å². The number of methoxy groups -OCH3 is 1. The Labute approximate surface area is 211 Å². The lowest BCUT2D eigenvalue weighted by molar-refractivity contribution is -0.384. The maximum Gasteiger partial charge on any atom is 0.269 e. The number of aromatic nitrogens is 3. The van der Waals surface area contributed by atoms with Crippen molar-refractivity contribution in [2.45, 2.75) is 12.5 Å². The number of carbonyl (C=O) groups excluding carboxylic acids is 1. The van der Waals surface area contributed by atoms with Crippen LogP contribution in [-0.4, -0.2) is 33.0 Å². The summed E-state index contributed by atoms with van der Waals surface area (Å²) < 4.78 is 13.2. The monoisotopic (exact) mass is 497 g/mol. The fraction of sp³-hybridized carbons (Fsp3) is 0.148. The number of imidazole rings is 1.